The van der Waals surface area contributed by atoms with Gasteiger partial charge in [0.1, 0.15) is 0 Å². The molecule has 0 amide bonds. The molecule has 1 nitrogen and oxygen atoms in total. The highest BCUT2D eigenvalue weighted by atomic mass is 35.5. The van der Waals surface area contributed by atoms with Crippen LogP contribution >= 0.6 is 11.6 Å². The summed E-state index contributed by atoms with van der Waals surface area (Å²) in [5.74, 6) is 0. The molecule has 1 aromatic rings. The summed E-state index contributed by atoms with van der Waals surface area (Å²) >= 11 is 5.89. The molecule has 0 heterocycles. The van der Waals surface area contributed by atoms with Gasteiger partial charge in [0.25, 0.3) is 0 Å². The molecule has 2 heteroatoms. The molecule has 1 aromatic carbocycles. The summed E-state index contributed by atoms with van der Waals surface area (Å²) in [5, 5.41) is 4.21. The van der Waals surface area contributed by atoms with Crippen LogP contribution in [-0.2, 0) is 6.42 Å². The highest BCUT2D eigenvalue weighted by molar-refractivity contribution is 6.30. The Kier molecular flexibility index (Phi) is 5.48. The van der Waals surface area contributed by atoms with Crippen molar-refractivity contribution in [2.75, 3.05) is 7.05 Å². The van der Waals surface area contributed by atoms with Crippen LogP contribution in [0.15, 0.2) is 24.3 Å². The average Bonchev–Trinajstić information content (AvgIpc) is 2.25. The third-order valence-corrected chi connectivity index (χ3v) is 3.30. The molecule has 0 spiro atoms. The average molecular weight is 254 g/mol. The van der Waals surface area contributed by atoms with Crippen LogP contribution in [0.3, 0.4) is 0 Å². The topological polar surface area (TPSA) is 12.0 Å². The zero-order valence-corrected chi connectivity index (χ0v) is 12.1. The first kappa shape index (κ1) is 14.5. The van der Waals surface area contributed by atoms with Gasteiger partial charge in [-0.25, -0.2) is 0 Å². The number of rotatable bonds is 5. The van der Waals surface area contributed by atoms with Crippen LogP contribution in [-0.4, -0.2) is 13.1 Å². The van der Waals surface area contributed by atoms with Crippen molar-refractivity contribution in [2.24, 2.45) is 5.41 Å². The molecule has 1 rings (SSSR count). The van der Waals surface area contributed by atoms with Crippen molar-refractivity contribution in [1.29, 1.82) is 0 Å². The lowest BCUT2D eigenvalue weighted by molar-refractivity contribution is 0.334. The van der Waals surface area contributed by atoms with Crippen molar-refractivity contribution in [1.82, 2.24) is 5.32 Å². The Morgan fingerprint density at radius 1 is 1.18 bits per heavy atom. The van der Waals surface area contributed by atoms with Crippen molar-refractivity contribution >= 4 is 11.6 Å². The van der Waals surface area contributed by atoms with Crippen LogP contribution in [0.1, 0.15) is 39.2 Å². The van der Waals surface area contributed by atoms with Crippen LogP contribution < -0.4 is 5.32 Å². The fourth-order valence-electron chi connectivity index (χ4n) is 1.86. The van der Waals surface area contributed by atoms with E-state index in [9.17, 15) is 0 Å². The maximum atomic E-state index is 5.89. The van der Waals surface area contributed by atoms with Gasteiger partial charge < -0.3 is 5.32 Å². The Morgan fingerprint density at radius 2 is 1.76 bits per heavy atom. The molecule has 0 saturated carbocycles. The number of hydrogen-bond acceptors (Lipinski definition) is 1. The number of likely N-dealkylation sites (N-methyl/N-ethyl adjacent to an activating group) is 1. The zero-order valence-electron chi connectivity index (χ0n) is 11.4. The van der Waals surface area contributed by atoms with E-state index < -0.39 is 0 Å². The summed E-state index contributed by atoms with van der Waals surface area (Å²) in [5.41, 5.74) is 1.76. The largest absolute Gasteiger partial charge is 0.317 e. The molecule has 0 aliphatic carbocycles. The van der Waals surface area contributed by atoms with E-state index >= 15 is 0 Å². The number of nitrogens with one attached hydrogen (secondary N) is 1. The first-order valence-electron chi connectivity index (χ1n) is 6.32. The Bertz CT molecular complexity index is 324. The van der Waals surface area contributed by atoms with E-state index in [1.165, 1.54) is 18.4 Å². The maximum Gasteiger partial charge on any atom is 0.0406 e. The molecular formula is C15H24ClN. The monoisotopic (exact) mass is 253 g/mol. The van der Waals surface area contributed by atoms with Crippen LogP contribution in [0, 0.1) is 5.41 Å². The minimum atomic E-state index is 0.412. The molecule has 0 saturated heterocycles. The van der Waals surface area contributed by atoms with Crippen LogP contribution in [0.2, 0.25) is 5.02 Å². The molecule has 96 valence electrons. The second-order valence-corrected chi connectivity index (χ2v) is 6.35. The molecular weight excluding hydrogens is 230 g/mol. The molecule has 1 unspecified atom stereocenters. The Hall–Kier alpha value is -0.530. The molecule has 0 aromatic heterocycles. The third-order valence-electron chi connectivity index (χ3n) is 3.05. The molecule has 0 aliphatic heterocycles. The maximum absolute atomic E-state index is 5.89. The second kappa shape index (κ2) is 6.42. The number of benzene rings is 1. The van der Waals surface area contributed by atoms with E-state index in [0.717, 1.165) is 11.4 Å². The summed E-state index contributed by atoms with van der Waals surface area (Å²) in [4.78, 5) is 0. The van der Waals surface area contributed by atoms with E-state index in [-0.39, 0.29) is 0 Å². The minimum Gasteiger partial charge on any atom is -0.317 e. The van der Waals surface area contributed by atoms with Gasteiger partial charge in [-0.15, -0.1) is 0 Å². The third kappa shape index (κ3) is 6.09. The molecule has 0 fully saturated rings. The number of halogens is 1. The van der Waals surface area contributed by atoms with Gasteiger partial charge in [0.2, 0.25) is 0 Å². The molecule has 0 bridgehead atoms. The quantitative estimate of drug-likeness (QED) is 0.825. The summed E-state index contributed by atoms with van der Waals surface area (Å²) in [6.07, 6.45) is 3.53. The summed E-state index contributed by atoms with van der Waals surface area (Å²) in [7, 11) is 2.04. The minimum absolute atomic E-state index is 0.412. The first-order chi connectivity index (χ1) is 7.90. The van der Waals surface area contributed by atoms with Gasteiger partial charge in [0.15, 0.2) is 0 Å². The normalized spacial score (nSPS) is 13.7. The standard InChI is InChI=1S/C15H24ClN/c1-15(2,3)10-9-14(17-4)11-12-5-7-13(16)8-6-12/h5-8,14,17H,9-11H2,1-4H3. The summed E-state index contributed by atoms with van der Waals surface area (Å²) in [6.45, 7) is 6.88. The lowest BCUT2D eigenvalue weighted by atomic mass is 9.87. The fraction of sp³-hybridized carbons (Fsp3) is 0.600. The van der Waals surface area contributed by atoms with Crippen molar-refractivity contribution < 1.29 is 0 Å². The van der Waals surface area contributed by atoms with Crippen molar-refractivity contribution in [3.8, 4) is 0 Å². The van der Waals surface area contributed by atoms with E-state index in [0.29, 0.717) is 11.5 Å². The fourth-order valence-corrected chi connectivity index (χ4v) is 1.99. The summed E-state index contributed by atoms with van der Waals surface area (Å²) in [6, 6.07) is 8.71. The van der Waals surface area contributed by atoms with Gasteiger partial charge in [0.05, 0.1) is 0 Å². The van der Waals surface area contributed by atoms with Gasteiger partial charge in [-0.2, -0.15) is 0 Å². The zero-order chi connectivity index (χ0) is 12.9. The van der Waals surface area contributed by atoms with Gasteiger partial charge >= 0.3 is 0 Å². The highest BCUT2D eigenvalue weighted by Crippen LogP contribution is 2.22. The Balaban J connectivity index is 2.49. The van der Waals surface area contributed by atoms with E-state index in [4.69, 9.17) is 11.6 Å². The number of hydrogen-bond donors (Lipinski definition) is 1. The smallest absolute Gasteiger partial charge is 0.0406 e. The van der Waals surface area contributed by atoms with Crippen LogP contribution in [0.25, 0.3) is 0 Å². The Labute approximate surface area is 111 Å². The van der Waals surface area contributed by atoms with Crippen LogP contribution in [0.4, 0.5) is 0 Å². The lowest BCUT2D eigenvalue weighted by Gasteiger charge is -2.23. The SMILES string of the molecule is CNC(CCC(C)(C)C)Cc1ccc(Cl)cc1. The molecule has 1 atom stereocenters. The van der Waals surface area contributed by atoms with Crippen molar-refractivity contribution in [3.05, 3.63) is 34.9 Å². The predicted octanol–water partition coefficient (Wildman–Crippen LogP) is 4.30. The lowest BCUT2D eigenvalue weighted by Crippen LogP contribution is -2.28. The molecule has 17 heavy (non-hydrogen) atoms. The Morgan fingerprint density at radius 3 is 2.24 bits per heavy atom. The van der Waals surface area contributed by atoms with E-state index in [1.54, 1.807) is 0 Å². The van der Waals surface area contributed by atoms with Crippen molar-refractivity contribution in [2.45, 2.75) is 46.1 Å². The van der Waals surface area contributed by atoms with Gasteiger partial charge in [0, 0.05) is 11.1 Å². The summed E-state index contributed by atoms with van der Waals surface area (Å²) < 4.78 is 0. The molecule has 0 radical (unpaired) electrons. The van der Waals surface area contributed by atoms with Crippen molar-refractivity contribution in [3.63, 3.8) is 0 Å². The van der Waals surface area contributed by atoms with Gasteiger partial charge in [-0.05, 0) is 49.4 Å². The van der Waals surface area contributed by atoms with Crippen LogP contribution in [0.5, 0.6) is 0 Å². The molecule has 1 N–H and O–H groups in total. The highest BCUT2D eigenvalue weighted by Gasteiger charge is 2.14. The van der Waals surface area contributed by atoms with E-state index in [1.807, 2.05) is 19.2 Å². The van der Waals surface area contributed by atoms with E-state index in [2.05, 4.69) is 38.2 Å². The predicted molar refractivity (Wildman–Crippen MR) is 76.7 cm³/mol. The van der Waals surface area contributed by atoms with Gasteiger partial charge in [-0.3, -0.25) is 0 Å². The second-order valence-electron chi connectivity index (χ2n) is 5.92. The van der Waals surface area contributed by atoms with Gasteiger partial charge in [-0.1, -0.05) is 44.5 Å². The first-order valence-corrected chi connectivity index (χ1v) is 6.70. The molecule has 0 aliphatic rings.